The van der Waals surface area contributed by atoms with Gasteiger partial charge in [-0.25, -0.2) is 9.59 Å². The molecule has 2 N–H and O–H groups in total. The van der Waals surface area contributed by atoms with E-state index in [1.165, 1.54) is 25.7 Å². The lowest BCUT2D eigenvalue weighted by atomic mass is 9.66. The number of carbonyl (C=O) groups is 2. The summed E-state index contributed by atoms with van der Waals surface area (Å²) in [5.74, 6) is 1.63. The van der Waals surface area contributed by atoms with Crippen LogP contribution >= 0.6 is 0 Å². The molecular formula is C40H60N4O4. The van der Waals surface area contributed by atoms with Gasteiger partial charge in [-0.15, -0.1) is 0 Å². The lowest BCUT2D eigenvalue weighted by Crippen LogP contribution is -2.62. The van der Waals surface area contributed by atoms with E-state index in [2.05, 4.69) is 58.8 Å². The largest absolute Gasteiger partial charge is 0.444 e. The van der Waals surface area contributed by atoms with Crippen LogP contribution in [0.5, 0.6) is 0 Å². The summed E-state index contributed by atoms with van der Waals surface area (Å²) in [7, 11) is 4.41. The number of rotatable bonds is 6. The Balaban J connectivity index is 0.000000188. The highest BCUT2D eigenvalue weighted by Gasteiger charge is 2.52. The van der Waals surface area contributed by atoms with E-state index < -0.39 is 11.2 Å². The Bertz CT molecular complexity index is 1250. The van der Waals surface area contributed by atoms with Crippen LogP contribution in [0, 0.1) is 11.8 Å². The van der Waals surface area contributed by atoms with Crippen molar-refractivity contribution in [3.8, 4) is 0 Å². The molecule has 4 aliphatic heterocycles. The normalized spacial score (nSPS) is 28.4. The summed E-state index contributed by atoms with van der Waals surface area (Å²) in [6, 6.07) is 20.6. The minimum atomic E-state index is -0.487. The van der Waals surface area contributed by atoms with Gasteiger partial charge in [0.1, 0.15) is 11.2 Å². The Labute approximate surface area is 289 Å². The topological polar surface area (TPSA) is 83.1 Å². The number of benzene rings is 2. The lowest BCUT2D eigenvalue weighted by Gasteiger charge is -2.57. The van der Waals surface area contributed by atoms with Crippen LogP contribution in [0.2, 0.25) is 0 Å². The van der Waals surface area contributed by atoms with E-state index in [0.717, 1.165) is 61.7 Å². The standard InChI is InChI=1S/2C20H30N2O2/c2*1-19(2,3)24-18(23)21-17(16-8-6-5-7-9-16)20-12-10-15(11-13-20)14-22(20)4/h2*5-9,15,17H,10-14H2,1-4H3,(H,21,23)/t2*15?,17-,20?/m10/s1. The number of carbonyl (C=O) groups excluding carboxylic acids is 2. The van der Waals surface area contributed by atoms with Crippen molar-refractivity contribution in [2.24, 2.45) is 11.8 Å². The average molecular weight is 661 g/mol. The van der Waals surface area contributed by atoms with Gasteiger partial charge in [0.25, 0.3) is 0 Å². The minimum Gasteiger partial charge on any atom is -0.444 e. The molecule has 8 nitrogen and oxygen atoms in total. The maximum absolute atomic E-state index is 12.5. The van der Waals surface area contributed by atoms with Crippen LogP contribution in [0.25, 0.3) is 0 Å². The van der Waals surface area contributed by atoms with Crippen molar-refractivity contribution in [2.75, 3.05) is 27.2 Å². The fourth-order valence-electron chi connectivity index (χ4n) is 8.84. The zero-order chi connectivity index (χ0) is 34.7. The molecule has 48 heavy (non-hydrogen) atoms. The number of piperidine rings is 4. The molecule has 2 amide bonds. The third-order valence-corrected chi connectivity index (χ3v) is 11.2. The van der Waals surface area contributed by atoms with Gasteiger partial charge in [0, 0.05) is 24.2 Å². The van der Waals surface area contributed by atoms with E-state index in [9.17, 15) is 9.59 Å². The summed E-state index contributed by atoms with van der Waals surface area (Å²) in [5.41, 5.74) is 1.34. The molecular weight excluding hydrogens is 600 g/mol. The number of hydrogen-bond donors (Lipinski definition) is 2. The van der Waals surface area contributed by atoms with E-state index in [1.54, 1.807) is 0 Å². The number of likely N-dealkylation sites (N-methyl/N-ethyl adjacent to an activating group) is 2. The number of amides is 2. The van der Waals surface area contributed by atoms with Gasteiger partial charge in [0.05, 0.1) is 12.1 Å². The van der Waals surface area contributed by atoms with Crippen LogP contribution in [0.4, 0.5) is 9.59 Å². The highest BCUT2D eigenvalue weighted by molar-refractivity contribution is 5.69. The van der Waals surface area contributed by atoms with Crippen molar-refractivity contribution in [1.82, 2.24) is 20.4 Å². The quantitative estimate of drug-likeness (QED) is 0.325. The maximum Gasteiger partial charge on any atom is 0.408 e. The Morgan fingerprint density at radius 2 is 0.938 bits per heavy atom. The second-order valence-electron chi connectivity index (χ2n) is 16.8. The minimum absolute atomic E-state index is 0.00694. The molecule has 4 heterocycles. The van der Waals surface area contributed by atoms with Crippen LogP contribution in [0.15, 0.2) is 60.7 Å². The van der Waals surface area contributed by atoms with E-state index >= 15 is 0 Å². The Hall–Kier alpha value is -3.10. The summed E-state index contributed by atoms with van der Waals surface area (Å²) in [5, 5.41) is 6.41. The molecule has 2 saturated carbocycles. The predicted molar refractivity (Wildman–Crippen MR) is 192 cm³/mol. The predicted octanol–water partition coefficient (Wildman–Crippen LogP) is 8.25. The summed E-state index contributed by atoms with van der Waals surface area (Å²) < 4.78 is 11.1. The molecule has 0 spiro atoms. The number of alkyl carbamates (subject to hydrolysis) is 2. The zero-order valence-corrected chi connectivity index (χ0v) is 30.7. The first-order valence-corrected chi connectivity index (χ1v) is 18.1. The van der Waals surface area contributed by atoms with Gasteiger partial charge < -0.3 is 20.1 Å². The Morgan fingerprint density at radius 3 is 1.21 bits per heavy atom. The van der Waals surface area contributed by atoms with Crippen LogP contribution in [-0.4, -0.2) is 71.5 Å². The molecule has 264 valence electrons. The molecule has 2 aromatic carbocycles. The number of nitrogens with one attached hydrogen (secondary N) is 2. The third-order valence-electron chi connectivity index (χ3n) is 11.2. The van der Waals surface area contributed by atoms with Gasteiger partial charge >= 0.3 is 12.2 Å². The molecule has 4 saturated heterocycles. The molecule has 2 atom stereocenters. The SMILES string of the molecule is CN1CC2CCC1([C@@H](NC(=O)OC(C)(C)C)c1ccccc1)CC2.CN1CC2CCC1([C@H](NC(=O)OC(C)(C)C)c1ccccc1)CC2. The first-order valence-electron chi connectivity index (χ1n) is 18.1. The molecule has 4 bridgehead atoms. The molecule has 6 aliphatic rings. The molecule has 2 aliphatic carbocycles. The molecule has 6 fully saturated rings. The summed E-state index contributed by atoms with van der Waals surface area (Å²) in [6.07, 6.45) is 8.87. The van der Waals surface area contributed by atoms with Gasteiger partial charge in [-0.05, 0) is 130 Å². The van der Waals surface area contributed by atoms with Crippen LogP contribution in [0.3, 0.4) is 0 Å². The summed E-state index contributed by atoms with van der Waals surface area (Å²) >= 11 is 0. The molecule has 8 heteroatoms. The van der Waals surface area contributed by atoms with Gasteiger partial charge in [-0.3, -0.25) is 9.80 Å². The number of nitrogens with zero attached hydrogens (tertiary/aromatic N) is 2. The van der Waals surface area contributed by atoms with Crippen molar-refractivity contribution < 1.29 is 19.1 Å². The zero-order valence-electron chi connectivity index (χ0n) is 30.7. The van der Waals surface area contributed by atoms with Crippen LogP contribution in [-0.2, 0) is 9.47 Å². The monoisotopic (exact) mass is 660 g/mol. The first-order chi connectivity index (χ1) is 22.6. The second kappa shape index (κ2) is 14.4. The maximum atomic E-state index is 12.5. The molecule has 0 unspecified atom stereocenters. The summed E-state index contributed by atoms with van der Waals surface area (Å²) in [4.78, 5) is 30.0. The molecule has 0 radical (unpaired) electrons. The number of hydrogen-bond acceptors (Lipinski definition) is 6. The van der Waals surface area contributed by atoms with E-state index in [0.29, 0.717) is 0 Å². The van der Waals surface area contributed by atoms with Gasteiger partial charge in [0.2, 0.25) is 0 Å². The third kappa shape index (κ3) is 8.36. The van der Waals surface area contributed by atoms with Crippen molar-refractivity contribution in [3.63, 3.8) is 0 Å². The second-order valence-corrected chi connectivity index (χ2v) is 16.8. The lowest BCUT2D eigenvalue weighted by molar-refractivity contribution is -0.0442. The van der Waals surface area contributed by atoms with Crippen molar-refractivity contribution in [3.05, 3.63) is 71.8 Å². The van der Waals surface area contributed by atoms with Crippen molar-refractivity contribution >= 4 is 12.2 Å². The highest BCUT2D eigenvalue weighted by Crippen LogP contribution is 2.50. The molecule has 2 aromatic rings. The molecule has 8 rings (SSSR count). The molecule has 0 aromatic heterocycles. The van der Waals surface area contributed by atoms with Crippen LogP contribution < -0.4 is 10.6 Å². The van der Waals surface area contributed by atoms with Gasteiger partial charge in [-0.1, -0.05) is 60.7 Å². The van der Waals surface area contributed by atoms with E-state index in [4.69, 9.17) is 9.47 Å². The van der Waals surface area contributed by atoms with Crippen molar-refractivity contribution in [1.29, 1.82) is 0 Å². The smallest absolute Gasteiger partial charge is 0.408 e. The first kappa shape index (κ1) is 36.2. The van der Waals surface area contributed by atoms with Gasteiger partial charge in [-0.2, -0.15) is 0 Å². The highest BCUT2D eigenvalue weighted by atomic mass is 16.6. The van der Waals surface area contributed by atoms with Crippen molar-refractivity contribution in [2.45, 2.75) is 127 Å². The summed E-state index contributed by atoms with van der Waals surface area (Å²) in [6.45, 7) is 13.7. The van der Waals surface area contributed by atoms with Crippen LogP contribution in [0.1, 0.15) is 116 Å². The Kier molecular flexibility index (Phi) is 10.9. The number of fused-ring (bicyclic) bond motifs is 6. The fraction of sp³-hybridized carbons (Fsp3) is 0.650. The van der Waals surface area contributed by atoms with E-state index in [1.807, 2.05) is 77.9 Å². The average Bonchev–Trinajstić information content (AvgIpc) is 3.03. The van der Waals surface area contributed by atoms with E-state index in [-0.39, 0.29) is 35.3 Å². The van der Waals surface area contributed by atoms with Gasteiger partial charge in [0.15, 0.2) is 0 Å². The number of ether oxygens (including phenoxy) is 2. The Morgan fingerprint density at radius 1 is 0.625 bits per heavy atom. The fourth-order valence-corrected chi connectivity index (χ4v) is 8.84.